The molecular weight excluding hydrogens is 430 g/mol. The third-order valence-corrected chi connectivity index (χ3v) is 5.59. The van der Waals surface area contributed by atoms with Crippen LogP contribution >= 0.6 is 0 Å². The number of anilines is 1. The number of ether oxygens (including phenoxy) is 1. The van der Waals surface area contributed by atoms with Gasteiger partial charge >= 0.3 is 0 Å². The highest BCUT2D eigenvalue weighted by atomic mass is 16.6. The number of hydrogen-bond acceptors (Lipinski definition) is 11. The highest BCUT2D eigenvalue weighted by Gasteiger charge is 2.28. The fraction of sp³-hybridized carbons (Fsp3) is 0.400. The van der Waals surface area contributed by atoms with Crippen LogP contribution in [0.25, 0.3) is 5.82 Å². The van der Waals surface area contributed by atoms with Crippen molar-refractivity contribution in [3.63, 3.8) is 0 Å². The number of aromatic hydroxyl groups is 1. The van der Waals surface area contributed by atoms with Gasteiger partial charge in [-0.3, -0.25) is 9.69 Å². The van der Waals surface area contributed by atoms with Gasteiger partial charge in [-0.15, -0.1) is 5.10 Å². The number of carbonyl (C=O) groups is 1. The second kappa shape index (κ2) is 9.65. The summed E-state index contributed by atoms with van der Waals surface area (Å²) >= 11 is 0. The molecule has 1 fully saturated rings. The monoisotopic (exact) mass is 455 g/mol. The molecule has 0 bridgehead atoms. The number of aromatic nitrogens is 5. The van der Waals surface area contributed by atoms with Gasteiger partial charge in [0.25, 0.3) is 5.91 Å². The number of nitrogens with two attached hydrogens (primary N) is 1. The van der Waals surface area contributed by atoms with Crippen LogP contribution in [0.15, 0.2) is 27.9 Å². The third-order valence-electron chi connectivity index (χ3n) is 5.59. The Morgan fingerprint density at radius 1 is 1.42 bits per heavy atom. The summed E-state index contributed by atoms with van der Waals surface area (Å²) in [5, 5.41) is 29.6. The predicted molar refractivity (Wildman–Crippen MR) is 117 cm³/mol. The van der Waals surface area contributed by atoms with Crippen molar-refractivity contribution >= 4 is 17.9 Å². The predicted octanol–water partition coefficient (Wildman–Crippen LogP) is 1.08. The van der Waals surface area contributed by atoms with Crippen molar-refractivity contribution in [2.45, 2.75) is 38.8 Å². The van der Waals surface area contributed by atoms with Crippen molar-refractivity contribution in [1.82, 2.24) is 35.6 Å². The molecule has 0 radical (unpaired) electrons. The smallest absolute Gasteiger partial charge is 0.293 e. The van der Waals surface area contributed by atoms with E-state index < -0.39 is 5.91 Å². The number of nitrogens with zero attached hydrogens (tertiary/aromatic N) is 7. The van der Waals surface area contributed by atoms with Gasteiger partial charge in [0.1, 0.15) is 0 Å². The Bertz CT molecular complexity index is 1160. The van der Waals surface area contributed by atoms with Crippen LogP contribution in [0.4, 0.5) is 5.82 Å². The summed E-state index contributed by atoms with van der Waals surface area (Å²) in [5.74, 6) is -0.172. The number of piperidine rings is 1. The molecule has 3 heterocycles. The molecule has 174 valence electrons. The molecule has 1 aliphatic rings. The minimum Gasteiger partial charge on any atom is -0.504 e. The quantitative estimate of drug-likeness (QED) is 0.346. The highest BCUT2D eigenvalue weighted by molar-refractivity contribution is 5.94. The van der Waals surface area contributed by atoms with Crippen molar-refractivity contribution in [1.29, 1.82) is 0 Å². The van der Waals surface area contributed by atoms with E-state index in [0.29, 0.717) is 29.6 Å². The fourth-order valence-electron chi connectivity index (χ4n) is 3.73. The summed E-state index contributed by atoms with van der Waals surface area (Å²) in [5.41, 5.74) is 9.21. The van der Waals surface area contributed by atoms with Gasteiger partial charge in [0.15, 0.2) is 17.2 Å². The summed E-state index contributed by atoms with van der Waals surface area (Å²) in [6, 6.07) is 5.27. The number of hydrazone groups is 1. The van der Waals surface area contributed by atoms with Gasteiger partial charge in [0.2, 0.25) is 11.6 Å². The average Bonchev–Trinajstić information content (AvgIpc) is 3.42. The zero-order valence-corrected chi connectivity index (χ0v) is 18.3. The molecule has 1 unspecified atom stereocenters. The van der Waals surface area contributed by atoms with Gasteiger partial charge < -0.3 is 15.6 Å². The van der Waals surface area contributed by atoms with E-state index in [4.69, 9.17) is 15.1 Å². The number of carbonyl (C=O) groups excluding carboxylic acids is 1. The number of hydrogen-bond donors (Lipinski definition) is 3. The lowest BCUT2D eigenvalue weighted by atomic mass is 10.0. The average molecular weight is 455 g/mol. The maximum Gasteiger partial charge on any atom is 0.293 e. The van der Waals surface area contributed by atoms with E-state index >= 15 is 0 Å². The molecule has 0 aliphatic carbocycles. The number of amides is 1. The number of rotatable bonds is 7. The molecule has 13 heteroatoms. The second-order valence-electron chi connectivity index (χ2n) is 7.68. The van der Waals surface area contributed by atoms with E-state index in [1.807, 2.05) is 0 Å². The van der Waals surface area contributed by atoms with Gasteiger partial charge in [-0.2, -0.15) is 9.78 Å². The van der Waals surface area contributed by atoms with Crippen LogP contribution in [0, 0.1) is 0 Å². The van der Waals surface area contributed by atoms with Gasteiger partial charge in [0.05, 0.1) is 19.0 Å². The second-order valence-corrected chi connectivity index (χ2v) is 7.68. The van der Waals surface area contributed by atoms with Crippen LogP contribution in [0.2, 0.25) is 0 Å². The van der Waals surface area contributed by atoms with E-state index in [9.17, 15) is 9.90 Å². The summed E-state index contributed by atoms with van der Waals surface area (Å²) < 4.78 is 11.1. The molecule has 33 heavy (non-hydrogen) atoms. The van der Waals surface area contributed by atoms with Crippen LogP contribution in [0.5, 0.6) is 11.5 Å². The van der Waals surface area contributed by atoms with Gasteiger partial charge in [-0.05, 0) is 48.8 Å². The van der Waals surface area contributed by atoms with Gasteiger partial charge in [-0.25, -0.2) is 10.1 Å². The van der Waals surface area contributed by atoms with Gasteiger partial charge in [-0.1, -0.05) is 17.7 Å². The number of nitrogens with one attached hydrogen (secondary N) is 1. The lowest BCUT2D eigenvalue weighted by molar-refractivity contribution is 0.0945. The number of phenolic OH excluding ortho intramolecular Hbond substituents is 1. The van der Waals surface area contributed by atoms with Crippen LogP contribution in [-0.2, 0) is 6.54 Å². The molecule has 2 aromatic heterocycles. The highest BCUT2D eigenvalue weighted by Crippen LogP contribution is 2.28. The maximum atomic E-state index is 12.9. The zero-order chi connectivity index (χ0) is 23.4. The molecule has 1 aliphatic heterocycles. The molecule has 13 nitrogen and oxygen atoms in total. The Hall–Kier alpha value is -4.00. The SMILES string of the molecule is COc1cccc(C=NNC(=O)c2nnn(-c3nonc3N)c2CN2CCCCC2C)c1O. The summed E-state index contributed by atoms with van der Waals surface area (Å²) in [6.45, 7) is 3.43. The van der Waals surface area contributed by atoms with Crippen molar-refractivity contribution < 1.29 is 19.3 Å². The maximum absolute atomic E-state index is 12.9. The van der Waals surface area contributed by atoms with Crippen molar-refractivity contribution in [3.05, 3.63) is 35.2 Å². The van der Waals surface area contributed by atoms with Gasteiger partial charge in [0, 0.05) is 18.2 Å². The molecule has 4 rings (SSSR count). The Kier molecular flexibility index (Phi) is 6.49. The van der Waals surface area contributed by atoms with E-state index in [2.05, 4.69) is 43.0 Å². The van der Waals surface area contributed by atoms with E-state index in [-0.39, 0.29) is 23.1 Å². The third kappa shape index (κ3) is 4.62. The topological polar surface area (TPSA) is 170 Å². The molecular formula is C20H25N9O4. The molecule has 1 aromatic carbocycles. The minimum absolute atomic E-state index is 0.0336. The number of nitrogen functional groups attached to an aromatic ring is 1. The Morgan fingerprint density at radius 2 is 2.27 bits per heavy atom. The summed E-state index contributed by atoms with van der Waals surface area (Å²) in [6.07, 6.45) is 4.60. The number of likely N-dealkylation sites (tertiary alicyclic amines) is 1. The summed E-state index contributed by atoms with van der Waals surface area (Å²) in [4.78, 5) is 15.2. The van der Waals surface area contributed by atoms with E-state index in [1.165, 1.54) is 18.0 Å². The Balaban J connectivity index is 1.59. The van der Waals surface area contributed by atoms with Crippen molar-refractivity contribution in [2.24, 2.45) is 5.10 Å². The van der Waals surface area contributed by atoms with Crippen LogP contribution < -0.4 is 15.9 Å². The standard InChI is InChI=1S/C20H25N9O4/c1-12-6-3-4-9-28(12)11-14-16(23-27-29(14)19-18(21)25-33-26-19)20(31)24-22-10-13-7-5-8-15(32-2)17(13)30/h5,7-8,10,12,30H,3-4,6,9,11H2,1-2H3,(H2,21,25)(H,24,31). The fourth-order valence-corrected chi connectivity index (χ4v) is 3.73. The number of para-hydroxylation sites is 1. The molecule has 0 saturated carbocycles. The molecule has 1 saturated heterocycles. The normalized spacial score (nSPS) is 16.8. The summed E-state index contributed by atoms with van der Waals surface area (Å²) in [7, 11) is 1.45. The number of methoxy groups -OCH3 is 1. The largest absolute Gasteiger partial charge is 0.504 e. The lowest BCUT2D eigenvalue weighted by Gasteiger charge is -2.33. The Labute approximate surface area is 189 Å². The zero-order valence-electron chi connectivity index (χ0n) is 18.3. The molecule has 3 aromatic rings. The first kappa shape index (κ1) is 22.2. The van der Waals surface area contributed by atoms with Crippen molar-refractivity contribution in [3.8, 4) is 17.3 Å². The minimum atomic E-state index is -0.574. The first-order valence-corrected chi connectivity index (χ1v) is 10.5. The molecule has 1 amide bonds. The first-order chi connectivity index (χ1) is 16.0. The first-order valence-electron chi connectivity index (χ1n) is 10.5. The number of phenols is 1. The molecule has 1 atom stereocenters. The van der Waals surface area contributed by atoms with Crippen LogP contribution in [-0.4, -0.2) is 67.1 Å². The van der Waals surface area contributed by atoms with Crippen LogP contribution in [0.1, 0.15) is 47.9 Å². The lowest BCUT2D eigenvalue weighted by Crippen LogP contribution is -2.38. The van der Waals surface area contributed by atoms with E-state index in [1.54, 1.807) is 18.2 Å². The molecule has 0 spiro atoms. The van der Waals surface area contributed by atoms with Crippen LogP contribution in [0.3, 0.4) is 0 Å². The van der Waals surface area contributed by atoms with Crippen molar-refractivity contribution in [2.75, 3.05) is 19.4 Å². The Morgan fingerprint density at radius 3 is 3.00 bits per heavy atom. The van der Waals surface area contributed by atoms with E-state index in [0.717, 1.165) is 25.8 Å². The molecule has 4 N–H and O–H groups in total. The number of benzene rings is 1.